The SMILES string of the molecule is CCOC12C[C@@H]3C[C@H](CC(CO)(C3)O1)C2. The van der Waals surface area contributed by atoms with Gasteiger partial charge in [-0.25, -0.2) is 0 Å². The lowest BCUT2D eigenvalue weighted by Crippen LogP contribution is -2.63. The molecule has 0 aromatic heterocycles. The van der Waals surface area contributed by atoms with E-state index in [0.29, 0.717) is 18.4 Å². The van der Waals surface area contributed by atoms with Crippen LogP contribution in [0.15, 0.2) is 0 Å². The highest BCUT2D eigenvalue weighted by atomic mass is 16.7. The van der Waals surface area contributed by atoms with Crippen LogP contribution >= 0.6 is 0 Å². The molecular formula is C12H20O3. The van der Waals surface area contributed by atoms with E-state index in [9.17, 15) is 5.11 Å². The van der Waals surface area contributed by atoms with E-state index in [2.05, 4.69) is 0 Å². The molecule has 2 heterocycles. The first kappa shape index (κ1) is 10.1. The second-order valence-electron chi connectivity index (χ2n) is 5.57. The maximum absolute atomic E-state index is 9.53. The van der Waals surface area contributed by atoms with E-state index in [0.717, 1.165) is 25.7 Å². The molecule has 86 valence electrons. The third-order valence-electron chi connectivity index (χ3n) is 4.29. The summed E-state index contributed by atoms with van der Waals surface area (Å²) in [6, 6.07) is 0. The molecule has 0 unspecified atom stereocenters. The number of ether oxygens (including phenoxy) is 2. The van der Waals surface area contributed by atoms with Crippen LogP contribution in [0.2, 0.25) is 0 Å². The van der Waals surface area contributed by atoms with Crippen molar-refractivity contribution in [1.29, 1.82) is 0 Å². The molecule has 2 atom stereocenters. The van der Waals surface area contributed by atoms with Crippen molar-refractivity contribution in [3.8, 4) is 0 Å². The largest absolute Gasteiger partial charge is 0.393 e. The van der Waals surface area contributed by atoms with Gasteiger partial charge >= 0.3 is 0 Å². The highest BCUT2D eigenvalue weighted by molar-refractivity contribution is 5.04. The third kappa shape index (κ3) is 1.44. The van der Waals surface area contributed by atoms with E-state index in [1.54, 1.807) is 0 Å². The third-order valence-corrected chi connectivity index (χ3v) is 4.29. The van der Waals surface area contributed by atoms with Gasteiger partial charge in [-0.1, -0.05) is 0 Å². The lowest BCUT2D eigenvalue weighted by atomic mass is 9.61. The Morgan fingerprint density at radius 1 is 1.27 bits per heavy atom. The van der Waals surface area contributed by atoms with Crippen LogP contribution in [0.3, 0.4) is 0 Å². The van der Waals surface area contributed by atoms with Crippen molar-refractivity contribution in [2.24, 2.45) is 11.8 Å². The molecular weight excluding hydrogens is 192 g/mol. The molecule has 2 saturated heterocycles. The molecule has 4 aliphatic rings. The number of hydrogen-bond acceptors (Lipinski definition) is 3. The predicted molar refractivity (Wildman–Crippen MR) is 55.3 cm³/mol. The molecule has 3 heteroatoms. The Kier molecular flexibility index (Phi) is 2.14. The summed E-state index contributed by atoms with van der Waals surface area (Å²) in [6.07, 6.45) is 5.47. The van der Waals surface area contributed by atoms with E-state index >= 15 is 0 Å². The highest BCUT2D eigenvalue weighted by Crippen LogP contribution is 2.57. The Hall–Kier alpha value is -0.120. The van der Waals surface area contributed by atoms with Gasteiger partial charge in [-0.3, -0.25) is 0 Å². The molecule has 2 aliphatic heterocycles. The first-order valence-electron chi connectivity index (χ1n) is 6.14. The summed E-state index contributed by atoms with van der Waals surface area (Å²) in [7, 11) is 0. The molecule has 1 N–H and O–H groups in total. The predicted octanol–water partition coefficient (Wildman–Crippen LogP) is 1.69. The number of rotatable bonds is 3. The van der Waals surface area contributed by atoms with E-state index in [1.165, 1.54) is 6.42 Å². The van der Waals surface area contributed by atoms with Crippen molar-refractivity contribution in [1.82, 2.24) is 0 Å². The van der Waals surface area contributed by atoms with Gasteiger partial charge in [0, 0.05) is 19.4 Å². The molecule has 4 bridgehead atoms. The molecule has 3 nitrogen and oxygen atoms in total. The smallest absolute Gasteiger partial charge is 0.169 e. The summed E-state index contributed by atoms with van der Waals surface area (Å²) in [5.41, 5.74) is -0.265. The first-order chi connectivity index (χ1) is 7.19. The molecule has 2 saturated carbocycles. The Bertz CT molecular complexity index is 250. The first-order valence-corrected chi connectivity index (χ1v) is 6.14. The molecule has 2 aliphatic carbocycles. The van der Waals surface area contributed by atoms with E-state index in [4.69, 9.17) is 9.47 Å². The van der Waals surface area contributed by atoms with Gasteiger partial charge < -0.3 is 14.6 Å². The molecule has 0 spiro atoms. The maximum Gasteiger partial charge on any atom is 0.169 e. The molecule has 4 rings (SSSR count). The van der Waals surface area contributed by atoms with Gasteiger partial charge in [-0.15, -0.1) is 0 Å². The molecule has 0 aromatic carbocycles. The maximum atomic E-state index is 9.53. The Labute approximate surface area is 90.8 Å². The van der Waals surface area contributed by atoms with Crippen LogP contribution in [0, 0.1) is 11.8 Å². The van der Waals surface area contributed by atoms with Gasteiger partial charge in [-0.05, 0) is 38.0 Å². The van der Waals surface area contributed by atoms with Gasteiger partial charge in [0.25, 0.3) is 0 Å². The summed E-state index contributed by atoms with van der Waals surface area (Å²) in [5.74, 6) is 1.08. The minimum Gasteiger partial charge on any atom is -0.393 e. The normalized spacial score (nSPS) is 52.4. The van der Waals surface area contributed by atoms with Crippen molar-refractivity contribution in [2.45, 2.75) is 50.4 Å². The molecule has 4 fully saturated rings. The number of aliphatic hydroxyl groups excluding tert-OH is 1. The van der Waals surface area contributed by atoms with Crippen LogP contribution < -0.4 is 0 Å². The van der Waals surface area contributed by atoms with Gasteiger partial charge in [0.1, 0.15) is 0 Å². The standard InChI is InChI=1S/C12H20O3/c1-2-14-12-6-9-3-10(7-12)5-11(4-9,8-13)15-12/h9-10,13H,2-8H2,1H3/t9-,10-,11?,12?/m1/s1. The molecule has 15 heavy (non-hydrogen) atoms. The molecule has 0 aromatic rings. The summed E-state index contributed by atoms with van der Waals surface area (Å²) in [6.45, 7) is 2.89. The lowest BCUT2D eigenvalue weighted by Gasteiger charge is -2.60. The second kappa shape index (κ2) is 3.19. The van der Waals surface area contributed by atoms with Crippen molar-refractivity contribution in [2.75, 3.05) is 13.2 Å². The van der Waals surface area contributed by atoms with Gasteiger partial charge in [0.05, 0.1) is 12.2 Å². The highest BCUT2D eigenvalue weighted by Gasteiger charge is 2.59. The number of aliphatic hydroxyl groups is 1. The van der Waals surface area contributed by atoms with E-state index in [-0.39, 0.29) is 18.0 Å². The monoisotopic (exact) mass is 212 g/mol. The van der Waals surface area contributed by atoms with Crippen LogP contribution in [-0.2, 0) is 9.47 Å². The van der Waals surface area contributed by atoms with Crippen molar-refractivity contribution in [3.63, 3.8) is 0 Å². The van der Waals surface area contributed by atoms with E-state index < -0.39 is 0 Å². The number of hydrogen-bond donors (Lipinski definition) is 1. The summed E-state index contributed by atoms with van der Waals surface area (Å²) >= 11 is 0. The summed E-state index contributed by atoms with van der Waals surface area (Å²) in [5, 5.41) is 9.53. The molecule has 0 amide bonds. The van der Waals surface area contributed by atoms with Gasteiger partial charge in [-0.2, -0.15) is 0 Å². The minimum absolute atomic E-state index is 0.162. The van der Waals surface area contributed by atoms with Crippen LogP contribution in [0.25, 0.3) is 0 Å². The fourth-order valence-electron chi connectivity index (χ4n) is 4.18. The van der Waals surface area contributed by atoms with Crippen molar-refractivity contribution < 1.29 is 14.6 Å². The van der Waals surface area contributed by atoms with Gasteiger partial charge in [0.15, 0.2) is 5.79 Å². The fourth-order valence-corrected chi connectivity index (χ4v) is 4.18. The van der Waals surface area contributed by atoms with Crippen molar-refractivity contribution >= 4 is 0 Å². The fraction of sp³-hybridized carbons (Fsp3) is 1.00. The van der Waals surface area contributed by atoms with Crippen LogP contribution in [-0.4, -0.2) is 29.7 Å². The Morgan fingerprint density at radius 3 is 2.47 bits per heavy atom. The topological polar surface area (TPSA) is 38.7 Å². The molecule has 0 radical (unpaired) electrons. The quantitative estimate of drug-likeness (QED) is 0.773. The lowest BCUT2D eigenvalue weighted by molar-refractivity contribution is -0.374. The second-order valence-corrected chi connectivity index (χ2v) is 5.57. The zero-order chi connectivity index (χ0) is 10.5. The van der Waals surface area contributed by atoms with E-state index in [1.807, 2.05) is 6.92 Å². The summed E-state index contributed by atoms with van der Waals surface area (Å²) < 4.78 is 12.0. The zero-order valence-corrected chi connectivity index (χ0v) is 9.37. The summed E-state index contributed by atoms with van der Waals surface area (Å²) in [4.78, 5) is 0. The average Bonchev–Trinajstić information content (AvgIpc) is 2.15. The Balaban J connectivity index is 1.88. The van der Waals surface area contributed by atoms with Crippen LogP contribution in [0.1, 0.15) is 39.0 Å². The van der Waals surface area contributed by atoms with Crippen molar-refractivity contribution in [3.05, 3.63) is 0 Å². The zero-order valence-electron chi connectivity index (χ0n) is 9.37. The van der Waals surface area contributed by atoms with Crippen LogP contribution in [0.5, 0.6) is 0 Å². The van der Waals surface area contributed by atoms with Crippen LogP contribution in [0.4, 0.5) is 0 Å². The Morgan fingerprint density at radius 2 is 1.93 bits per heavy atom. The average molecular weight is 212 g/mol. The van der Waals surface area contributed by atoms with Gasteiger partial charge in [0.2, 0.25) is 0 Å². The minimum atomic E-state index is -0.346.